The Labute approximate surface area is 104 Å². The van der Waals surface area contributed by atoms with E-state index >= 15 is 0 Å². The molecule has 2 aliphatic heterocycles. The van der Waals surface area contributed by atoms with Crippen LogP contribution in [0.3, 0.4) is 0 Å². The van der Waals surface area contributed by atoms with E-state index in [0.717, 1.165) is 45.6 Å². The molecule has 2 aliphatic rings. The summed E-state index contributed by atoms with van der Waals surface area (Å²) in [4.78, 5) is 0. The zero-order valence-electron chi connectivity index (χ0n) is 10.9. The molecule has 3 N–H and O–H groups in total. The Morgan fingerprint density at radius 1 is 1.35 bits per heavy atom. The predicted molar refractivity (Wildman–Crippen MR) is 68.0 cm³/mol. The van der Waals surface area contributed by atoms with Gasteiger partial charge in [-0.1, -0.05) is 0 Å². The predicted octanol–water partition coefficient (Wildman–Crippen LogP) is 0.899. The summed E-state index contributed by atoms with van der Waals surface area (Å²) in [6, 6.07) is 0.417. The first-order valence-corrected chi connectivity index (χ1v) is 6.89. The number of nitrogens with one attached hydrogen (secondary N) is 1. The molecule has 0 aromatic rings. The van der Waals surface area contributed by atoms with Crippen LogP contribution in [0.4, 0.5) is 0 Å². The Morgan fingerprint density at radius 2 is 2.12 bits per heavy atom. The summed E-state index contributed by atoms with van der Waals surface area (Å²) in [6.07, 6.45) is 4.60. The van der Waals surface area contributed by atoms with Crippen LogP contribution in [0.25, 0.3) is 0 Å². The summed E-state index contributed by atoms with van der Waals surface area (Å²) < 4.78 is 11.2. The molecule has 4 nitrogen and oxygen atoms in total. The Balaban J connectivity index is 1.78. The molecular formula is C13H26N2O2. The van der Waals surface area contributed by atoms with Crippen molar-refractivity contribution >= 4 is 0 Å². The summed E-state index contributed by atoms with van der Waals surface area (Å²) in [6.45, 7) is 6.51. The maximum absolute atomic E-state index is 5.89. The normalized spacial score (nSPS) is 32.8. The number of hydrogen-bond acceptors (Lipinski definition) is 4. The summed E-state index contributed by atoms with van der Waals surface area (Å²) in [5.41, 5.74) is 5.91. The molecule has 0 amide bonds. The standard InChI is InChI=1S/C13H26N2O2/c1-13(5-2-6-17-13)10-15-12(9-14)11-3-7-16-8-4-11/h11-12,15H,2-10,14H2,1H3. The minimum absolute atomic E-state index is 0.0264. The summed E-state index contributed by atoms with van der Waals surface area (Å²) in [5.74, 6) is 0.666. The number of ether oxygens (including phenoxy) is 2. The lowest BCUT2D eigenvalue weighted by Gasteiger charge is -2.33. The van der Waals surface area contributed by atoms with Crippen molar-refractivity contribution in [2.24, 2.45) is 11.7 Å². The second kappa shape index (κ2) is 6.14. The topological polar surface area (TPSA) is 56.5 Å². The van der Waals surface area contributed by atoms with Gasteiger partial charge in [-0.25, -0.2) is 0 Å². The molecule has 2 unspecified atom stereocenters. The maximum atomic E-state index is 5.89. The van der Waals surface area contributed by atoms with Crippen LogP contribution in [-0.2, 0) is 9.47 Å². The monoisotopic (exact) mass is 242 g/mol. The Kier molecular flexibility index (Phi) is 4.79. The van der Waals surface area contributed by atoms with E-state index in [2.05, 4.69) is 12.2 Å². The van der Waals surface area contributed by atoms with Crippen molar-refractivity contribution < 1.29 is 9.47 Å². The van der Waals surface area contributed by atoms with Gasteiger partial charge in [0.25, 0.3) is 0 Å². The average Bonchev–Trinajstić information content (AvgIpc) is 2.79. The summed E-state index contributed by atoms with van der Waals surface area (Å²) >= 11 is 0. The van der Waals surface area contributed by atoms with Gasteiger partial charge in [0.1, 0.15) is 0 Å². The van der Waals surface area contributed by atoms with Crippen molar-refractivity contribution in [3.63, 3.8) is 0 Å². The number of nitrogens with two attached hydrogens (primary N) is 1. The highest BCUT2D eigenvalue weighted by molar-refractivity contribution is 4.87. The molecule has 0 aliphatic carbocycles. The fourth-order valence-electron chi connectivity index (χ4n) is 2.88. The summed E-state index contributed by atoms with van der Waals surface area (Å²) in [7, 11) is 0. The first kappa shape index (κ1) is 13.3. The highest BCUT2D eigenvalue weighted by Gasteiger charge is 2.31. The molecular weight excluding hydrogens is 216 g/mol. The van der Waals surface area contributed by atoms with Gasteiger partial charge in [0.2, 0.25) is 0 Å². The van der Waals surface area contributed by atoms with Gasteiger partial charge in [-0.05, 0) is 38.5 Å². The fourth-order valence-corrected chi connectivity index (χ4v) is 2.88. The van der Waals surface area contributed by atoms with Gasteiger partial charge < -0.3 is 20.5 Å². The van der Waals surface area contributed by atoms with E-state index in [9.17, 15) is 0 Å². The first-order valence-electron chi connectivity index (χ1n) is 6.89. The average molecular weight is 242 g/mol. The van der Waals surface area contributed by atoms with E-state index in [1.165, 1.54) is 6.42 Å². The molecule has 0 bridgehead atoms. The van der Waals surface area contributed by atoms with Crippen LogP contribution < -0.4 is 11.1 Å². The van der Waals surface area contributed by atoms with E-state index in [1.807, 2.05) is 0 Å². The van der Waals surface area contributed by atoms with Crippen molar-refractivity contribution in [3.05, 3.63) is 0 Å². The van der Waals surface area contributed by atoms with Crippen LogP contribution >= 0.6 is 0 Å². The minimum Gasteiger partial charge on any atom is -0.381 e. The van der Waals surface area contributed by atoms with Gasteiger partial charge >= 0.3 is 0 Å². The van der Waals surface area contributed by atoms with Crippen LogP contribution in [0, 0.1) is 5.92 Å². The zero-order valence-corrected chi connectivity index (χ0v) is 10.9. The molecule has 100 valence electrons. The number of hydrogen-bond donors (Lipinski definition) is 2. The summed E-state index contributed by atoms with van der Waals surface area (Å²) in [5, 5.41) is 3.62. The van der Waals surface area contributed by atoms with E-state index < -0.39 is 0 Å². The van der Waals surface area contributed by atoms with Crippen molar-refractivity contribution in [2.45, 2.75) is 44.2 Å². The highest BCUT2D eigenvalue weighted by atomic mass is 16.5. The van der Waals surface area contributed by atoms with E-state index in [4.69, 9.17) is 15.2 Å². The van der Waals surface area contributed by atoms with Gasteiger partial charge in [-0.2, -0.15) is 0 Å². The molecule has 0 radical (unpaired) electrons. The molecule has 2 fully saturated rings. The Bertz CT molecular complexity index is 223. The maximum Gasteiger partial charge on any atom is 0.0779 e. The minimum atomic E-state index is 0.0264. The second-order valence-corrected chi connectivity index (χ2v) is 5.57. The molecule has 0 spiro atoms. The molecule has 0 aromatic heterocycles. The fraction of sp³-hybridized carbons (Fsp3) is 1.00. The third-order valence-corrected chi connectivity index (χ3v) is 4.13. The molecule has 2 atom stereocenters. The second-order valence-electron chi connectivity index (χ2n) is 5.57. The van der Waals surface area contributed by atoms with Gasteiger partial charge in [-0.15, -0.1) is 0 Å². The smallest absolute Gasteiger partial charge is 0.0779 e. The van der Waals surface area contributed by atoms with Gasteiger partial charge in [0, 0.05) is 39.0 Å². The lowest BCUT2D eigenvalue weighted by Crippen LogP contribution is -2.49. The molecule has 2 saturated heterocycles. The van der Waals surface area contributed by atoms with Gasteiger partial charge in [-0.3, -0.25) is 0 Å². The molecule has 17 heavy (non-hydrogen) atoms. The van der Waals surface area contributed by atoms with Crippen LogP contribution in [0.15, 0.2) is 0 Å². The molecule has 2 heterocycles. The van der Waals surface area contributed by atoms with Crippen molar-refractivity contribution in [3.8, 4) is 0 Å². The van der Waals surface area contributed by atoms with Crippen molar-refractivity contribution in [2.75, 3.05) is 32.9 Å². The van der Waals surface area contributed by atoms with Crippen LogP contribution in [-0.4, -0.2) is 44.6 Å². The third kappa shape index (κ3) is 3.65. The largest absolute Gasteiger partial charge is 0.381 e. The Hall–Kier alpha value is -0.160. The molecule has 4 heteroatoms. The highest BCUT2D eigenvalue weighted by Crippen LogP contribution is 2.25. The van der Waals surface area contributed by atoms with E-state index in [0.29, 0.717) is 18.5 Å². The van der Waals surface area contributed by atoms with E-state index in [1.54, 1.807) is 0 Å². The third-order valence-electron chi connectivity index (χ3n) is 4.13. The molecule has 0 aromatic carbocycles. The number of rotatable bonds is 5. The van der Waals surface area contributed by atoms with Crippen molar-refractivity contribution in [1.82, 2.24) is 5.32 Å². The first-order chi connectivity index (χ1) is 8.23. The lowest BCUT2D eigenvalue weighted by atomic mass is 9.91. The molecule has 0 saturated carbocycles. The van der Waals surface area contributed by atoms with Gasteiger partial charge in [0.05, 0.1) is 5.60 Å². The van der Waals surface area contributed by atoms with Gasteiger partial charge in [0.15, 0.2) is 0 Å². The Morgan fingerprint density at radius 3 is 2.71 bits per heavy atom. The van der Waals surface area contributed by atoms with E-state index in [-0.39, 0.29) is 5.60 Å². The van der Waals surface area contributed by atoms with Crippen molar-refractivity contribution in [1.29, 1.82) is 0 Å². The SMILES string of the molecule is CC1(CNC(CN)C2CCOCC2)CCCO1. The zero-order chi connectivity index (χ0) is 12.1. The van der Waals surface area contributed by atoms with Crippen LogP contribution in [0.2, 0.25) is 0 Å². The quantitative estimate of drug-likeness (QED) is 0.752. The molecule has 2 rings (SSSR count). The lowest BCUT2D eigenvalue weighted by molar-refractivity contribution is 0.0120. The van der Waals surface area contributed by atoms with Crippen LogP contribution in [0.5, 0.6) is 0 Å². The van der Waals surface area contributed by atoms with Crippen LogP contribution in [0.1, 0.15) is 32.6 Å².